The van der Waals surface area contributed by atoms with Crippen molar-refractivity contribution >= 4 is 107 Å². The van der Waals surface area contributed by atoms with Crippen LogP contribution in [0.1, 0.15) is 197 Å². The third kappa shape index (κ3) is 42.6. The molecule has 0 fully saturated rings. The van der Waals surface area contributed by atoms with Crippen LogP contribution in [-0.2, 0) is 96.0 Å². The molecule has 724 valence electrons. The Kier molecular flexibility index (Phi) is 49.3. The van der Waals surface area contributed by atoms with Crippen LogP contribution in [0.2, 0.25) is 0 Å². The van der Waals surface area contributed by atoms with Crippen LogP contribution in [0.25, 0.3) is 0 Å². The number of imidazole rings is 1. The molecule has 3 rings (SSSR count). The van der Waals surface area contributed by atoms with Crippen LogP contribution in [0.4, 0.5) is 0 Å². The molecule has 3 aromatic rings. The van der Waals surface area contributed by atoms with Gasteiger partial charge in [-0.25, -0.2) is 9.78 Å². The largest absolute Gasteiger partial charge is 0.508 e. The van der Waals surface area contributed by atoms with E-state index in [2.05, 4.69) is 95.0 Å². The van der Waals surface area contributed by atoms with Crippen LogP contribution >= 0.6 is 0 Å². The topological polar surface area (TPSA) is 707 Å². The highest BCUT2D eigenvalue weighted by Crippen LogP contribution is 2.19. The predicted octanol–water partition coefficient (Wildman–Crippen LogP) is -1.60. The second kappa shape index (κ2) is 57.4. The molecule has 1 heterocycles. The van der Waals surface area contributed by atoms with E-state index in [1.165, 1.54) is 50.6 Å². The summed E-state index contributed by atoms with van der Waals surface area (Å²) < 4.78 is 0. The number of carbonyl (C=O) groups is 16. The number of nitrogens with two attached hydrogens (primary N) is 4. The number of carboxylic acids is 2. The monoisotopic (exact) mass is 1830 g/mol. The Labute approximate surface area is 759 Å². The van der Waals surface area contributed by atoms with Gasteiger partial charge in [0.1, 0.15) is 90.3 Å². The van der Waals surface area contributed by atoms with Crippen molar-refractivity contribution in [3.63, 3.8) is 0 Å². The van der Waals surface area contributed by atoms with Crippen LogP contribution in [0.15, 0.2) is 67.1 Å². The molecular formula is C87H142N24O19. The van der Waals surface area contributed by atoms with E-state index in [4.69, 9.17) is 33.8 Å². The van der Waals surface area contributed by atoms with Crippen LogP contribution in [-0.4, -0.2) is 242 Å². The Bertz CT molecular complexity index is 4210. The molecule has 15 atom stereocenters. The SMILES string of the molecule is CC(C)C[C@H](NC(=O)[C@H](CC(C)C)NC(=O)[C@H](CC(C)C)NC(=O)[C@H](Cc1ccccc1)NC(=O)[C@H](Cc1cnc[nH]1)NC(=O)[C@@H](NC(=O)[C@H](CC(C)C)NC(=O)[C@H](CCC(=O)O)NC(=O)[C@H](C)NC(=O)[C@@H](N)C(C)C)C(C)C)C(=O)N[C@@H](CCCCN)C(=O)N[C@@H](Cc1ccc(O)cc1)C(=O)N[C@@H](CCCNC(=N)N)C(=O)N[C@@H](C)C(=O)N[C@@H](CCCNC(=N)N)C(=O)O. The number of carbonyl (C=O) groups excluding carboxylic acids is 14. The lowest BCUT2D eigenvalue weighted by atomic mass is 9.98. The molecule has 1 aromatic heterocycles. The number of rotatable bonds is 60. The molecule has 0 radical (unpaired) electrons. The lowest BCUT2D eigenvalue weighted by Gasteiger charge is -2.30. The fraction of sp³-hybridized carbons (Fsp3) is 0.621. The third-order valence-electron chi connectivity index (χ3n) is 20.7. The van der Waals surface area contributed by atoms with E-state index in [1.807, 2.05) is 0 Å². The summed E-state index contributed by atoms with van der Waals surface area (Å²) in [7, 11) is 0. The summed E-state index contributed by atoms with van der Waals surface area (Å²) in [6, 6.07) is -6.81. The number of carboxylic acid groups (broad SMARTS) is 2. The molecule has 14 amide bonds. The van der Waals surface area contributed by atoms with Gasteiger partial charge >= 0.3 is 11.9 Å². The number of nitrogens with one attached hydrogen (secondary N) is 19. The van der Waals surface area contributed by atoms with E-state index in [9.17, 15) is 77.6 Å². The number of hydrogen-bond acceptors (Lipinski definition) is 22. The number of aromatic amines is 1. The number of aromatic hydroxyl groups is 1. The first-order valence-electron chi connectivity index (χ1n) is 44.2. The highest BCUT2D eigenvalue weighted by molar-refractivity contribution is 6.01. The van der Waals surface area contributed by atoms with Gasteiger partial charge in [-0.1, -0.05) is 126 Å². The van der Waals surface area contributed by atoms with Crippen molar-refractivity contribution in [1.29, 1.82) is 10.8 Å². The van der Waals surface area contributed by atoms with Gasteiger partial charge in [0.2, 0.25) is 82.7 Å². The van der Waals surface area contributed by atoms with E-state index in [0.29, 0.717) is 23.2 Å². The van der Waals surface area contributed by atoms with Crippen molar-refractivity contribution < 1.29 is 92.0 Å². The van der Waals surface area contributed by atoms with Gasteiger partial charge in [-0.3, -0.25) is 82.7 Å². The molecule has 0 bridgehead atoms. The first-order valence-corrected chi connectivity index (χ1v) is 44.2. The number of aromatic nitrogens is 2. The van der Waals surface area contributed by atoms with Crippen molar-refractivity contribution in [2.24, 2.45) is 58.4 Å². The summed E-state index contributed by atoms with van der Waals surface area (Å²) in [5.74, 6) is -17.9. The number of hydrogen-bond donors (Lipinski definition) is 26. The third-order valence-corrected chi connectivity index (χ3v) is 20.7. The highest BCUT2D eigenvalue weighted by atomic mass is 16.4. The molecular weight excluding hydrogens is 1690 g/mol. The Morgan fingerprint density at radius 1 is 0.377 bits per heavy atom. The lowest BCUT2D eigenvalue weighted by molar-refractivity contribution is -0.142. The summed E-state index contributed by atoms with van der Waals surface area (Å²) >= 11 is 0. The fourth-order valence-corrected chi connectivity index (χ4v) is 13.5. The Hall–Kier alpha value is -12.6. The summed E-state index contributed by atoms with van der Waals surface area (Å²) in [6.07, 6.45) is 1.50. The van der Waals surface area contributed by atoms with Gasteiger partial charge in [0.05, 0.1) is 12.4 Å². The van der Waals surface area contributed by atoms with Crippen molar-refractivity contribution in [3.8, 4) is 5.75 Å². The molecule has 30 N–H and O–H groups in total. The molecule has 0 saturated carbocycles. The minimum absolute atomic E-state index is 0.0179. The number of aliphatic carboxylic acids is 2. The smallest absolute Gasteiger partial charge is 0.326 e. The zero-order chi connectivity index (χ0) is 97.8. The van der Waals surface area contributed by atoms with E-state index < -0.39 is 210 Å². The molecule has 0 spiro atoms. The van der Waals surface area contributed by atoms with Gasteiger partial charge in [0.15, 0.2) is 11.9 Å². The molecule has 43 heteroatoms. The second-order valence-corrected chi connectivity index (χ2v) is 35.0. The average molecular weight is 1830 g/mol. The van der Waals surface area contributed by atoms with Gasteiger partial charge in [0.25, 0.3) is 0 Å². The van der Waals surface area contributed by atoms with Gasteiger partial charge in [0, 0.05) is 50.7 Å². The number of phenols is 1. The Morgan fingerprint density at radius 2 is 0.715 bits per heavy atom. The van der Waals surface area contributed by atoms with E-state index in [-0.39, 0.29) is 144 Å². The number of unbranched alkanes of at least 4 members (excludes halogenated alkanes) is 1. The number of amides is 14. The van der Waals surface area contributed by atoms with E-state index in [0.717, 1.165) is 0 Å². The summed E-state index contributed by atoms with van der Waals surface area (Å²) in [5.41, 5.74) is 24.0. The van der Waals surface area contributed by atoms with Crippen molar-refractivity contribution in [3.05, 3.63) is 83.9 Å². The Balaban J connectivity index is 2.03. The van der Waals surface area contributed by atoms with Gasteiger partial charge in [-0.15, -0.1) is 0 Å². The van der Waals surface area contributed by atoms with Gasteiger partial charge < -0.3 is 128 Å². The predicted molar refractivity (Wildman–Crippen MR) is 484 cm³/mol. The van der Waals surface area contributed by atoms with Crippen LogP contribution in [0, 0.1) is 46.3 Å². The molecule has 0 aliphatic carbocycles. The van der Waals surface area contributed by atoms with Crippen molar-refractivity contribution in [2.45, 2.75) is 290 Å². The molecule has 130 heavy (non-hydrogen) atoms. The van der Waals surface area contributed by atoms with E-state index in [1.54, 1.807) is 113 Å². The fourth-order valence-electron chi connectivity index (χ4n) is 13.5. The summed E-state index contributed by atoms with van der Waals surface area (Å²) in [5, 5.41) is 87.1. The van der Waals surface area contributed by atoms with Crippen LogP contribution in [0.3, 0.4) is 0 Å². The summed E-state index contributed by atoms with van der Waals surface area (Å²) in [4.78, 5) is 233. The number of benzene rings is 2. The van der Waals surface area contributed by atoms with Crippen LogP contribution in [0.5, 0.6) is 5.75 Å². The first kappa shape index (κ1) is 112. The maximum atomic E-state index is 15.1. The summed E-state index contributed by atoms with van der Waals surface area (Å²) in [6.45, 7) is 23.8. The molecule has 43 nitrogen and oxygen atoms in total. The maximum absolute atomic E-state index is 15.1. The molecule has 0 unspecified atom stereocenters. The van der Waals surface area contributed by atoms with Crippen LogP contribution < -0.4 is 108 Å². The lowest BCUT2D eigenvalue weighted by Crippen LogP contribution is -2.62. The zero-order valence-electron chi connectivity index (χ0n) is 77.0. The second-order valence-electron chi connectivity index (χ2n) is 35.0. The van der Waals surface area contributed by atoms with Gasteiger partial charge in [-0.2, -0.15) is 0 Å². The number of phenolic OH excluding ortho intramolecular Hbond substituents is 1. The average Bonchev–Trinajstić information content (AvgIpc) is 1.60. The molecule has 0 aliphatic rings. The van der Waals surface area contributed by atoms with Crippen molar-refractivity contribution in [1.82, 2.24) is 95.0 Å². The van der Waals surface area contributed by atoms with E-state index >= 15 is 14.4 Å². The molecule has 2 aromatic carbocycles. The first-order chi connectivity index (χ1) is 61.1. The molecule has 0 saturated heterocycles. The number of H-pyrrole nitrogens is 1. The minimum atomic E-state index is -1.54. The quantitative estimate of drug-likeness (QED) is 0.0172. The number of guanidine groups is 2. The molecule has 0 aliphatic heterocycles. The minimum Gasteiger partial charge on any atom is -0.508 e. The Morgan fingerprint density at radius 3 is 1.10 bits per heavy atom. The van der Waals surface area contributed by atoms with Crippen molar-refractivity contribution in [2.75, 3.05) is 19.6 Å². The highest BCUT2D eigenvalue weighted by Gasteiger charge is 2.40. The maximum Gasteiger partial charge on any atom is 0.326 e. The zero-order valence-corrected chi connectivity index (χ0v) is 77.0. The standard InChI is InChI=1S/C87H142N24O19/c1-45(2)36-61(76(120)101-57(24-18-19-33-88)74(118)108-66(41-54-27-29-56(112)30-28-54)79(123)102-58(25-20-34-95-86(90)91)73(117)98-51(13)72(116)103-60(85(129)130)26-21-35-96-87(92)93)105-77(121)62(37-46(3)4)106-78(122)63(38-47(5)6)107-80(124)65(40-53-22-16-15-17-23-53)109-81(125)67(42-55-43-94-44-97-55)110-84(128)70(50(11)12)111-82(126)64(39-48(7)8)104-75(119)59(31-32-68(113)114)100-71(115)52(14)99-83(127)69(89)49(9)10/h15-17,22-23,27-30,43-52,57-67,69-70,112H,18-21,24-26,31-42,88-89H2,1-14H3,(H,94,97)(H,98,117)(H,99,127)(H,100,115)(H,101,120)(H,102,123)(H,103,116)(H,104,119)(H,105,121)(H,106,122)(H,107,124)(H,108,118)(H,109,125)(H,110,128)(H,111,126)(H,113,114)(H,129,130)(H4,90,91,95)(H4,92,93,96)/t51-,52-,57-,58-,59-,60-,61-,62-,63-,64-,65-,66-,67-,69-,70-/m0/s1. The number of nitrogens with zero attached hydrogens (tertiary/aromatic N) is 1. The normalized spacial score (nSPS) is 14.8. The van der Waals surface area contributed by atoms with Gasteiger partial charge in [-0.05, 0) is 156 Å².